The van der Waals surface area contributed by atoms with Gasteiger partial charge in [-0.05, 0) is 179 Å². The third-order valence-corrected chi connectivity index (χ3v) is 19.4. The molecule has 0 saturated carbocycles. The molecule has 390 valence electrons. The molecule has 12 rings (SSSR count). The molecule has 0 atom stereocenters. The highest BCUT2D eigenvalue weighted by Crippen LogP contribution is 2.55. The van der Waals surface area contributed by atoms with Crippen molar-refractivity contribution >= 4 is 57.2 Å². The maximum atomic E-state index is 2.76. The van der Waals surface area contributed by atoms with Gasteiger partial charge >= 0.3 is 0 Å². The van der Waals surface area contributed by atoms with Crippen LogP contribution in [0.25, 0.3) is 22.3 Å². The van der Waals surface area contributed by atoms with Crippen molar-refractivity contribution in [2.24, 2.45) is 0 Å². The second-order valence-corrected chi connectivity index (χ2v) is 28.1. The number of hydrogen-bond donors (Lipinski definition) is 0. The van der Waals surface area contributed by atoms with Crippen LogP contribution in [-0.4, -0.2) is 6.71 Å². The fourth-order valence-corrected chi connectivity index (χ4v) is 14.0. The number of benzene rings is 8. The van der Waals surface area contributed by atoms with Crippen molar-refractivity contribution in [3.63, 3.8) is 0 Å². The van der Waals surface area contributed by atoms with E-state index in [2.05, 4.69) is 277 Å². The minimum Gasteiger partial charge on any atom is -0.311 e. The average Bonchev–Trinajstić information content (AvgIpc) is 3.52. The Morgan fingerprint density at radius 1 is 0.416 bits per heavy atom. The van der Waals surface area contributed by atoms with Crippen molar-refractivity contribution in [2.75, 3.05) is 9.80 Å². The van der Waals surface area contributed by atoms with Gasteiger partial charge < -0.3 is 9.80 Å². The van der Waals surface area contributed by atoms with E-state index in [1.165, 1.54) is 130 Å². The Bertz CT molecular complexity index is 3560. The molecule has 0 radical (unpaired) electrons. The monoisotopic (exact) mass is 1010 g/mol. The zero-order chi connectivity index (χ0) is 54.4. The minimum absolute atomic E-state index is 0.0216. The first-order chi connectivity index (χ1) is 36.4. The quantitative estimate of drug-likeness (QED) is 0.147. The molecule has 0 saturated heterocycles. The molecule has 8 aromatic rings. The lowest BCUT2D eigenvalue weighted by Gasteiger charge is -2.48. The summed E-state index contributed by atoms with van der Waals surface area (Å²) in [4.78, 5) is 5.49. The Kier molecular flexibility index (Phi) is 11.8. The van der Waals surface area contributed by atoms with Gasteiger partial charge in [-0.15, -0.1) is 0 Å². The lowest BCUT2D eigenvalue weighted by Crippen LogP contribution is -2.62. The van der Waals surface area contributed by atoms with Crippen molar-refractivity contribution in [1.82, 2.24) is 0 Å². The summed E-state index contributed by atoms with van der Waals surface area (Å²) in [6, 6.07) is 64.5. The SMILES string of the molecule is CC(C)c1cc2c3c(c1)N(c1c(-c4ccccc4)cc(C(C)(C)C)cc1-c1ccccc1)c1cc(C(C)(C)c4ccccc4)ccc1B3c1cc3c(cc1N2c1ccc2c(c1)C(C)(C)CCC2(C)C)C(C)(C)CCC3(C)C. The number of fused-ring (bicyclic) bond motifs is 6. The Morgan fingerprint density at radius 2 is 0.896 bits per heavy atom. The van der Waals surface area contributed by atoms with Crippen molar-refractivity contribution in [2.45, 2.75) is 168 Å². The second-order valence-electron chi connectivity index (χ2n) is 28.1. The summed E-state index contributed by atoms with van der Waals surface area (Å²) < 4.78 is 0. The van der Waals surface area contributed by atoms with Crippen LogP contribution in [0.15, 0.2) is 164 Å². The summed E-state index contributed by atoms with van der Waals surface area (Å²) in [5.41, 5.74) is 27.7. The number of rotatable bonds is 7. The zero-order valence-corrected chi connectivity index (χ0v) is 49.0. The normalized spacial score (nSPS) is 17.5. The molecule has 0 aromatic heterocycles. The van der Waals surface area contributed by atoms with E-state index in [0.29, 0.717) is 0 Å². The van der Waals surface area contributed by atoms with E-state index < -0.39 is 0 Å². The molecule has 0 bridgehead atoms. The van der Waals surface area contributed by atoms with Crippen LogP contribution in [0.3, 0.4) is 0 Å². The Balaban J connectivity index is 1.26. The summed E-state index contributed by atoms with van der Waals surface area (Å²) in [5, 5.41) is 0. The molecule has 77 heavy (non-hydrogen) atoms. The third-order valence-electron chi connectivity index (χ3n) is 19.4. The fraction of sp³-hybridized carbons (Fsp3) is 0.351. The molecule has 0 fully saturated rings. The van der Waals surface area contributed by atoms with Crippen molar-refractivity contribution in [3.8, 4) is 22.3 Å². The van der Waals surface area contributed by atoms with E-state index in [9.17, 15) is 0 Å². The predicted molar refractivity (Wildman–Crippen MR) is 333 cm³/mol. The standard InChI is InChI=1S/C74H81BN2/c1-47(2)50-39-65-67-66(40-50)77(68-55(48-25-19-16-20-26-48)41-53(69(3,4)5)42-56(68)49-27-21-17-22-28-49)63-43-52(74(14,15)51-29-23-18-24-30-51)31-34-61(63)75(67)62-45-59-60(73(12,13)38-37-72(59,10)11)46-64(62)76(65)54-32-33-57-58(44-54)71(8,9)36-35-70(57,6)7/h16-34,39-47H,35-38H2,1-15H3. The number of anilines is 6. The van der Waals surface area contributed by atoms with Crippen LogP contribution in [0.2, 0.25) is 0 Å². The maximum Gasteiger partial charge on any atom is 0.252 e. The number of hydrogen-bond acceptors (Lipinski definition) is 2. The first kappa shape index (κ1) is 51.2. The molecule has 8 aromatic carbocycles. The number of nitrogens with zero attached hydrogens (tertiary/aromatic N) is 2. The van der Waals surface area contributed by atoms with Crippen LogP contribution in [0.4, 0.5) is 34.1 Å². The molecule has 0 spiro atoms. The first-order valence-corrected chi connectivity index (χ1v) is 29.0. The molecular formula is C74H81BN2. The predicted octanol–water partition coefficient (Wildman–Crippen LogP) is 18.5. The van der Waals surface area contributed by atoms with Gasteiger partial charge in [0.15, 0.2) is 0 Å². The van der Waals surface area contributed by atoms with Crippen molar-refractivity contribution in [3.05, 3.63) is 208 Å². The lowest BCUT2D eigenvalue weighted by atomic mass is 9.33. The van der Waals surface area contributed by atoms with Gasteiger partial charge in [0.05, 0.1) is 5.69 Å². The van der Waals surface area contributed by atoms with Gasteiger partial charge in [0.25, 0.3) is 6.71 Å². The minimum atomic E-state index is -0.279. The first-order valence-electron chi connectivity index (χ1n) is 29.0. The summed E-state index contributed by atoms with van der Waals surface area (Å²) in [6.07, 6.45) is 4.68. The lowest BCUT2D eigenvalue weighted by molar-refractivity contribution is 0.332. The molecule has 2 nitrogen and oxygen atoms in total. The highest BCUT2D eigenvalue weighted by atomic mass is 15.2. The van der Waals surface area contributed by atoms with Crippen LogP contribution in [0.5, 0.6) is 0 Å². The van der Waals surface area contributed by atoms with Crippen LogP contribution in [-0.2, 0) is 32.5 Å². The van der Waals surface area contributed by atoms with E-state index in [4.69, 9.17) is 0 Å². The van der Waals surface area contributed by atoms with Crippen molar-refractivity contribution in [1.29, 1.82) is 0 Å². The molecule has 2 aliphatic heterocycles. The van der Waals surface area contributed by atoms with Crippen LogP contribution >= 0.6 is 0 Å². The van der Waals surface area contributed by atoms with E-state index in [-0.39, 0.29) is 45.1 Å². The van der Waals surface area contributed by atoms with E-state index >= 15 is 0 Å². The van der Waals surface area contributed by atoms with Gasteiger partial charge in [-0.25, -0.2) is 0 Å². The van der Waals surface area contributed by atoms with Gasteiger partial charge in [-0.3, -0.25) is 0 Å². The molecule has 0 N–H and O–H groups in total. The van der Waals surface area contributed by atoms with Gasteiger partial charge in [-0.1, -0.05) is 219 Å². The average molecular weight is 1010 g/mol. The van der Waals surface area contributed by atoms with Crippen LogP contribution in [0, 0.1) is 0 Å². The van der Waals surface area contributed by atoms with Gasteiger partial charge in [0.1, 0.15) is 0 Å². The highest BCUT2D eigenvalue weighted by Gasteiger charge is 2.48. The molecule has 3 heteroatoms. The van der Waals surface area contributed by atoms with E-state index in [1.807, 2.05) is 0 Å². The molecule has 2 heterocycles. The largest absolute Gasteiger partial charge is 0.311 e. The Labute approximate surface area is 463 Å². The molecular weight excluding hydrogens is 928 g/mol. The van der Waals surface area contributed by atoms with Crippen molar-refractivity contribution < 1.29 is 0 Å². The smallest absolute Gasteiger partial charge is 0.252 e. The van der Waals surface area contributed by atoms with Gasteiger partial charge in [-0.2, -0.15) is 0 Å². The Hall–Kier alpha value is -6.58. The third kappa shape index (κ3) is 8.26. The Morgan fingerprint density at radius 3 is 1.43 bits per heavy atom. The second kappa shape index (κ2) is 17.7. The van der Waals surface area contributed by atoms with Crippen LogP contribution < -0.4 is 26.2 Å². The van der Waals surface area contributed by atoms with Gasteiger partial charge in [0.2, 0.25) is 0 Å². The molecule has 2 aliphatic carbocycles. The summed E-state index contributed by atoms with van der Waals surface area (Å²) in [7, 11) is 0. The fourth-order valence-electron chi connectivity index (χ4n) is 14.0. The van der Waals surface area contributed by atoms with Crippen LogP contribution in [0.1, 0.15) is 180 Å². The van der Waals surface area contributed by atoms with E-state index in [1.54, 1.807) is 0 Å². The summed E-state index contributed by atoms with van der Waals surface area (Å²) >= 11 is 0. The molecule has 0 amide bonds. The summed E-state index contributed by atoms with van der Waals surface area (Å²) in [5.74, 6) is 0.266. The zero-order valence-electron chi connectivity index (χ0n) is 49.0. The molecule has 4 aliphatic rings. The summed E-state index contributed by atoms with van der Waals surface area (Å²) in [6.45, 7) is 36.5. The maximum absolute atomic E-state index is 2.76. The van der Waals surface area contributed by atoms with Gasteiger partial charge in [0, 0.05) is 45.0 Å². The topological polar surface area (TPSA) is 6.48 Å². The molecule has 0 unspecified atom stereocenters. The highest BCUT2D eigenvalue weighted by molar-refractivity contribution is 7.00. The van der Waals surface area contributed by atoms with E-state index in [0.717, 1.165) is 12.8 Å².